The smallest absolute Gasteiger partial charge is 0.254 e. The number of fused-ring (bicyclic) bond motifs is 1. The van der Waals surface area contributed by atoms with Gasteiger partial charge in [-0.2, -0.15) is 0 Å². The molecule has 0 radical (unpaired) electrons. The van der Waals surface area contributed by atoms with Gasteiger partial charge in [-0.05, 0) is 61.8 Å². The molecule has 1 aliphatic carbocycles. The number of aromatic nitrogens is 1. The number of hydrogen-bond donors (Lipinski definition) is 0. The Morgan fingerprint density at radius 3 is 3.00 bits per heavy atom. The average molecular weight is 366 g/mol. The number of hydrogen-bond acceptors (Lipinski definition) is 4. The standard InChI is InChI=1S/C22H26N2O3/c25-21(18-5-6-20-17(12-18)2-1-9-23-20)24-14-22(15-24)19(8-11-27-22)7-10-26-13-16-3-4-16/h1-2,5-6,9,12,16,19H,3-4,7-8,10-11,13-15H2/t19-/m0/s1. The molecule has 0 N–H and O–H groups in total. The van der Waals surface area contributed by atoms with Crippen molar-refractivity contribution in [2.45, 2.75) is 31.3 Å². The maximum atomic E-state index is 12.9. The van der Waals surface area contributed by atoms with Crippen molar-refractivity contribution in [3.8, 4) is 0 Å². The fourth-order valence-electron chi connectivity index (χ4n) is 4.44. The zero-order valence-electron chi connectivity index (χ0n) is 15.6. The summed E-state index contributed by atoms with van der Waals surface area (Å²) in [7, 11) is 0. The molecule has 1 amide bonds. The van der Waals surface area contributed by atoms with Gasteiger partial charge in [0.05, 0.1) is 18.6 Å². The first kappa shape index (κ1) is 17.1. The normalized spacial score (nSPS) is 23.7. The van der Waals surface area contributed by atoms with E-state index in [9.17, 15) is 4.79 Å². The molecule has 5 nitrogen and oxygen atoms in total. The van der Waals surface area contributed by atoms with Crippen LogP contribution < -0.4 is 0 Å². The second kappa shape index (κ2) is 6.88. The number of benzene rings is 1. The minimum absolute atomic E-state index is 0.0885. The molecule has 1 aromatic carbocycles. The van der Waals surface area contributed by atoms with E-state index in [4.69, 9.17) is 9.47 Å². The van der Waals surface area contributed by atoms with Gasteiger partial charge in [0, 0.05) is 37.0 Å². The van der Waals surface area contributed by atoms with Gasteiger partial charge in [-0.15, -0.1) is 0 Å². The first-order valence-electron chi connectivity index (χ1n) is 10.1. The monoisotopic (exact) mass is 366 g/mol. The van der Waals surface area contributed by atoms with Crippen molar-refractivity contribution < 1.29 is 14.3 Å². The Balaban J connectivity index is 1.19. The van der Waals surface area contributed by atoms with Crippen molar-refractivity contribution in [1.82, 2.24) is 9.88 Å². The van der Waals surface area contributed by atoms with Crippen molar-refractivity contribution >= 4 is 16.8 Å². The number of pyridine rings is 1. The second-order valence-corrected chi connectivity index (χ2v) is 8.28. The van der Waals surface area contributed by atoms with E-state index in [1.165, 1.54) is 12.8 Å². The van der Waals surface area contributed by atoms with Gasteiger partial charge in [-0.1, -0.05) is 6.07 Å². The van der Waals surface area contributed by atoms with E-state index >= 15 is 0 Å². The minimum atomic E-state index is -0.142. The van der Waals surface area contributed by atoms with Crippen molar-refractivity contribution in [3.63, 3.8) is 0 Å². The summed E-state index contributed by atoms with van der Waals surface area (Å²) in [5.74, 6) is 1.40. The Morgan fingerprint density at radius 2 is 2.15 bits per heavy atom. The molecule has 2 aromatic rings. The molecule has 27 heavy (non-hydrogen) atoms. The first-order chi connectivity index (χ1) is 13.2. The molecule has 142 valence electrons. The van der Waals surface area contributed by atoms with E-state index in [1.807, 2.05) is 35.2 Å². The van der Waals surface area contributed by atoms with Crippen LogP contribution in [0.2, 0.25) is 0 Å². The highest BCUT2D eigenvalue weighted by Gasteiger charge is 2.54. The highest BCUT2D eigenvalue weighted by molar-refractivity contribution is 5.98. The van der Waals surface area contributed by atoms with Crippen LogP contribution in [0.1, 0.15) is 36.0 Å². The molecular formula is C22H26N2O3. The summed E-state index contributed by atoms with van der Waals surface area (Å²) in [5.41, 5.74) is 1.50. The topological polar surface area (TPSA) is 51.7 Å². The Bertz CT molecular complexity index is 842. The van der Waals surface area contributed by atoms with Gasteiger partial charge in [-0.25, -0.2) is 0 Å². The zero-order valence-corrected chi connectivity index (χ0v) is 15.6. The molecule has 3 aliphatic rings. The fraction of sp³-hybridized carbons (Fsp3) is 0.545. The third-order valence-electron chi connectivity index (χ3n) is 6.32. The summed E-state index contributed by atoms with van der Waals surface area (Å²) >= 11 is 0. The Labute approximate surface area is 159 Å². The summed E-state index contributed by atoms with van der Waals surface area (Å²) in [6.07, 6.45) is 6.55. The van der Waals surface area contributed by atoms with Crippen LogP contribution in [-0.4, -0.2) is 54.3 Å². The minimum Gasteiger partial charge on any atom is -0.381 e. The van der Waals surface area contributed by atoms with Crippen LogP contribution in [0.25, 0.3) is 10.9 Å². The van der Waals surface area contributed by atoms with Gasteiger partial charge < -0.3 is 14.4 Å². The number of nitrogens with zero attached hydrogens (tertiary/aromatic N) is 2. The molecule has 1 saturated carbocycles. The molecule has 0 unspecified atom stereocenters. The van der Waals surface area contributed by atoms with Gasteiger partial charge in [0.1, 0.15) is 5.60 Å². The average Bonchev–Trinajstić information content (AvgIpc) is 3.40. The lowest BCUT2D eigenvalue weighted by atomic mass is 9.79. The van der Waals surface area contributed by atoms with Gasteiger partial charge in [0.2, 0.25) is 0 Å². The van der Waals surface area contributed by atoms with E-state index < -0.39 is 0 Å². The highest BCUT2D eigenvalue weighted by Crippen LogP contribution is 2.42. The largest absolute Gasteiger partial charge is 0.381 e. The van der Waals surface area contributed by atoms with Crippen molar-refractivity contribution in [2.24, 2.45) is 11.8 Å². The second-order valence-electron chi connectivity index (χ2n) is 8.28. The number of likely N-dealkylation sites (tertiary alicyclic amines) is 1. The molecular weight excluding hydrogens is 340 g/mol. The van der Waals surface area contributed by atoms with E-state index in [2.05, 4.69) is 4.98 Å². The summed E-state index contributed by atoms with van der Waals surface area (Å²) in [4.78, 5) is 19.1. The highest BCUT2D eigenvalue weighted by atomic mass is 16.5. The van der Waals surface area contributed by atoms with Crippen LogP contribution >= 0.6 is 0 Å². The number of carbonyl (C=O) groups excluding carboxylic acids is 1. The van der Waals surface area contributed by atoms with E-state index in [-0.39, 0.29) is 11.5 Å². The molecule has 3 heterocycles. The first-order valence-corrected chi connectivity index (χ1v) is 10.1. The molecule has 2 aliphatic heterocycles. The lowest BCUT2D eigenvalue weighted by Crippen LogP contribution is -2.66. The number of carbonyl (C=O) groups is 1. The summed E-state index contributed by atoms with van der Waals surface area (Å²) in [5, 5.41) is 1.00. The number of rotatable bonds is 6. The van der Waals surface area contributed by atoms with Crippen molar-refractivity contribution in [1.29, 1.82) is 0 Å². The van der Waals surface area contributed by atoms with Crippen molar-refractivity contribution in [3.05, 3.63) is 42.1 Å². The van der Waals surface area contributed by atoms with Crippen molar-refractivity contribution in [2.75, 3.05) is 32.9 Å². The molecule has 0 bridgehead atoms. The van der Waals surface area contributed by atoms with Gasteiger partial charge in [0.15, 0.2) is 0 Å². The van der Waals surface area contributed by atoms with Crippen LogP contribution in [0.15, 0.2) is 36.5 Å². The van der Waals surface area contributed by atoms with Crippen LogP contribution in [0, 0.1) is 11.8 Å². The van der Waals surface area contributed by atoms with Crippen LogP contribution in [-0.2, 0) is 9.47 Å². The van der Waals surface area contributed by atoms with E-state index in [0.29, 0.717) is 19.0 Å². The zero-order chi connectivity index (χ0) is 18.3. The molecule has 5 heteroatoms. The maximum Gasteiger partial charge on any atom is 0.254 e. The third kappa shape index (κ3) is 3.34. The van der Waals surface area contributed by atoms with Crippen LogP contribution in [0.5, 0.6) is 0 Å². The lowest BCUT2D eigenvalue weighted by molar-refractivity contribution is -0.120. The molecule has 2 saturated heterocycles. The van der Waals surface area contributed by atoms with Crippen LogP contribution in [0.3, 0.4) is 0 Å². The lowest BCUT2D eigenvalue weighted by Gasteiger charge is -2.50. The SMILES string of the molecule is O=C(c1ccc2ncccc2c1)N1CC2(C1)OCC[C@@H]2CCOCC1CC1. The number of ether oxygens (including phenoxy) is 2. The maximum absolute atomic E-state index is 12.9. The fourth-order valence-corrected chi connectivity index (χ4v) is 4.44. The van der Waals surface area contributed by atoms with Gasteiger partial charge in [-0.3, -0.25) is 9.78 Å². The van der Waals surface area contributed by atoms with Gasteiger partial charge in [0.25, 0.3) is 5.91 Å². The molecule has 5 rings (SSSR count). The predicted octanol–water partition coefficient (Wildman–Crippen LogP) is 3.28. The third-order valence-corrected chi connectivity index (χ3v) is 6.32. The summed E-state index contributed by atoms with van der Waals surface area (Å²) in [6.45, 7) is 3.94. The van der Waals surface area contributed by atoms with Crippen LogP contribution in [0.4, 0.5) is 0 Å². The molecule has 1 atom stereocenters. The van der Waals surface area contributed by atoms with E-state index in [0.717, 1.165) is 55.0 Å². The predicted molar refractivity (Wildman–Crippen MR) is 103 cm³/mol. The quantitative estimate of drug-likeness (QED) is 0.736. The molecule has 1 aromatic heterocycles. The number of amides is 1. The Morgan fingerprint density at radius 1 is 1.26 bits per heavy atom. The Hall–Kier alpha value is -1.98. The summed E-state index contributed by atoms with van der Waals surface area (Å²) in [6, 6.07) is 9.63. The Kier molecular flexibility index (Phi) is 4.37. The van der Waals surface area contributed by atoms with E-state index in [1.54, 1.807) is 6.20 Å². The molecule has 3 fully saturated rings. The summed E-state index contributed by atoms with van der Waals surface area (Å²) < 4.78 is 11.9. The molecule has 1 spiro atoms. The van der Waals surface area contributed by atoms with Gasteiger partial charge >= 0.3 is 0 Å².